The van der Waals surface area contributed by atoms with Crippen molar-refractivity contribution in [2.45, 2.75) is 6.92 Å². The molecular weight excluding hydrogens is 463 g/mol. The maximum absolute atomic E-state index is 14.4. The highest BCUT2D eigenvalue weighted by Crippen LogP contribution is 2.38. The lowest BCUT2D eigenvalue weighted by atomic mass is 10.1. The van der Waals surface area contributed by atoms with Crippen molar-refractivity contribution >= 4 is 27.6 Å². The molecule has 0 saturated heterocycles. The molecule has 0 fully saturated rings. The average molecular weight is 479 g/mol. The molecule has 2 heterocycles. The van der Waals surface area contributed by atoms with E-state index in [4.69, 9.17) is 20.6 Å². The third-order valence-corrected chi connectivity index (χ3v) is 6.65. The first kappa shape index (κ1) is 22.1. The van der Waals surface area contributed by atoms with Crippen LogP contribution in [0.2, 0.25) is 5.02 Å². The zero-order valence-corrected chi connectivity index (χ0v) is 18.6. The Hall–Kier alpha value is -3.12. The molecule has 0 radical (unpaired) electrons. The van der Waals surface area contributed by atoms with E-state index < -0.39 is 20.0 Å². The maximum atomic E-state index is 14.4. The highest BCUT2D eigenvalue weighted by atomic mass is 35.5. The lowest BCUT2D eigenvalue weighted by molar-refractivity contribution is 0.396. The first-order valence-electron chi connectivity index (χ1n) is 9.16. The van der Waals surface area contributed by atoms with Crippen molar-refractivity contribution in [2.24, 2.45) is 0 Å². The minimum Gasteiger partial charge on any atom is -0.701 e. The smallest absolute Gasteiger partial charge is 0.264 e. The summed E-state index contributed by atoms with van der Waals surface area (Å²) < 4.78 is 58.6. The van der Waals surface area contributed by atoms with E-state index in [-0.39, 0.29) is 33.7 Å². The minimum absolute atomic E-state index is 0.0374. The lowest BCUT2D eigenvalue weighted by Gasteiger charge is -2.30. The molecular formula is C20H16ClFN4O5S. The first-order chi connectivity index (χ1) is 15.0. The molecule has 0 unspecified atom stereocenters. The van der Waals surface area contributed by atoms with Crippen LogP contribution >= 0.6 is 11.6 Å². The van der Waals surface area contributed by atoms with Gasteiger partial charge in [0.2, 0.25) is 5.82 Å². The topological polar surface area (TPSA) is 122 Å². The number of rotatable bonds is 5. The second kappa shape index (κ2) is 7.78. The Bertz CT molecular complexity index is 1390. The van der Waals surface area contributed by atoms with Gasteiger partial charge in [0.25, 0.3) is 16.2 Å². The highest BCUT2D eigenvalue weighted by Gasteiger charge is 2.28. The fraction of sp³-hybridized carbons (Fsp3) is 0.150. The Morgan fingerprint density at radius 2 is 1.72 bits per heavy atom. The number of halogens is 2. The van der Waals surface area contributed by atoms with E-state index in [9.17, 15) is 17.4 Å². The summed E-state index contributed by atoms with van der Waals surface area (Å²) in [5, 5.41) is 7.99. The van der Waals surface area contributed by atoms with Gasteiger partial charge in [0.15, 0.2) is 0 Å². The van der Waals surface area contributed by atoms with E-state index in [1.54, 1.807) is 19.1 Å². The number of quaternary nitrogens is 1. The molecule has 4 rings (SSSR count). The van der Waals surface area contributed by atoms with Gasteiger partial charge in [-0.25, -0.2) is 8.28 Å². The Balaban J connectivity index is 1.73. The molecule has 0 saturated carbocycles. The predicted octanol–water partition coefficient (Wildman–Crippen LogP) is 4.19. The molecule has 166 valence electrons. The summed E-state index contributed by atoms with van der Waals surface area (Å²) in [5.74, 6) is -0.0376. The third kappa shape index (κ3) is 3.69. The quantitative estimate of drug-likeness (QED) is 0.309. The monoisotopic (exact) mass is 478 g/mol. The summed E-state index contributed by atoms with van der Waals surface area (Å²) in [6, 6.07) is 10.3. The van der Waals surface area contributed by atoms with Gasteiger partial charge in [-0.15, -0.1) is 0 Å². The van der Waals surface area contributed by atoms with Crippen molar-refractivity contribution in [1.29, 1.82) is 0 Å². The van der Waals surface area contributed by atoms with Crippen LogP contribution in [0, 0.1) is 12.7 Å². The Kier molecular flexibility index (Phi) is 5.37. The largest absolute Gasteiger partial charge is 0.701 e. The van der Waals surface area contributed by atoms with E-state index >= 15 is 0 Å². The molecule has 0 bridgehead atoms. The SMILES string of the molecule is Cc1onc(-c2c(F)cccc2Cl)c1-c1nc(-c2ccc([N+](C)(C)S(=O)(=O)[O-])cc2)no1. The number of nitrogens with zero attached hydrogens (tertiary/aromatic N) is 4. The van der Waals surface area contributed by atoms with Gasteiger partial charge < -0.3 is 13.6 Å². The highest BCUT2D eigenvalue weighted by molar-refractivity contribution is 7.85. The fourth-order valence-corrected chi connectivity index (χ4v) is 3.69. The first-order valence-corrected chi connectivity index (χ1v) is 10.9. The summed E-state index contributed by atoms with van der Waals surface area (Å²) >= 11 is 6.16. The van der Waals surface area contributed by atoms with Crippen LogP contribution in [0.1, 0.15) is 5.76 Å². The second-order valence-electron chi connectivity index (χ2n) is 7.31. The van der Waals surface area contributed by atoms with Crippen molar-refractivity contribution < 1.29 is 26.4 Å². The zero-order valence-electron chi connectivity index (χ0n) is 17.0. The summed E-state index contributed by atoms with van der Waals surface area (Å²) in [6.45, 7) is 1.61. The van der Waals surface area contributed by atoms with Gasteiger partial charge in [0.1, 0.15) is 28.5 Å². The minimum atomic E-state index is -4.62. The van der Waals surface area contributed by atoms with Gasteiger partial charge in [0, 0.05) is 17.7 Å². The van der Waals surface area contributed by atoms with Crippen molar-refractivity contribution in [2.75, 3.05) is 14.1 Å². The van der Waals surface area contributed by atoms with E-state index in [0.29, 0.717) is 16.9 Å². The third-order valence-electron chi connectivity index (χ3n) is 5.01. The standard InChI is InChI=1S/C20H16ClFN4O5S/c1-11-16(18(24-30-11)17-14(21)5-4-6-15(17)22)20-23-19(25-31-20)12-7-9-13(10-8-12)26(2,3)32(27,28)29/h4-10H,1-3H3. The van der Waals surface area contributed by atoms with Crippen molar-refractivity contribution in [3.63, 3.8) is 0 Å². The molecule has 0 amide bonds. The zero-order chi connectivity index (χ0) is 23.3. The Morgan fingerprint density at radius 1 is 1.03 bits per heavy atom. The van der Waals surface area contributed by atoms with Crippen molar-refractivity contribution in [3.05, 3.63) is 59.1 Å². The molecule has 2 aromatic heterocycles. The number of hydrogen-bond acceptors (Lipinski definition) is 8. The summed E-state index contributed by atoms with van der Waals surface area (Å²) in [7, 11) is -2.08. The van der Waals surface area contributed by atoms with Crippen LogP contribution in [0.15, 0.2) is 51.5 Å². The van der Waals surface area contributed by atoms with Crippen LogP contribution in [0.4, 0.5) is 10.1 Å². The molecule has 32 heavy (non-hydrogen) atoms. The van der Waals surface area contributed by atoms with Gasteiger partial charge in [-0.05, 0) is 31.2 Å². The van der Waals surface area contributed by atoms with E-state index in [0.717, 1.165) is 0 Å². The maximum Gasteiger partial charge on any atom is 0.264 e. The van der Waals surface area contributed by atoms with Gasteiger partial charge >= 0.3 is 0 Å². The molecule has 0 atom stereocenters. The van der Waals surface area contributed by atoms with Crippen LogP contribution in [0.25, 0.3) is 34.1 Å². The number of aryl methyl sites for hydroxylation is 1. The van der Waals surface area contributed by atoms with Crippen LogP contribution in [-0.4, -0.2) is 42.4 Å². The van der Waals surface area contributed by atoms with Crippen LogP contribution < -0.4 is 3.89 Å². The predicted molar refractivity (Wildman–Crippen MR) is 114 cm³/mol. The Labute approximate surface area is 187 Å². The van der Waals surface area contributed by atoms with Crippen LogP contribution in [0.5, 0.6) is 0 Å². The van der Waals surface area contributed by atoms with E-state index in [1.165, 1.54) is 44.4 Å². The van der Waals surface area contributed by atoms with Crippen LogP contribution in [-0.2, 0) is 10.3 Å². The van der Waals surface area contributed by atoms with Gasteiger partial charge in [-0.3, -0.25) is 0 Å². The second-order valence-corrected chi connectivity index (χ2v) is 9.48. The normalized spacial score (nSPS) is 12.3. The van der Waals surface area contributed by atoms with Gasteiger partial charge in [-0.2, -0.15) is 13.4 Å². The van der Waals surface area contributed by atoms with E-state index in [1.807, 2.05) is 0 Å². The van der Waals surface area contributed by atoms with Gasteiger partial charge in [-0.1, -0.05) is 28.0 Å². The summed E-state index contributed by atoms with van der Waals surface area (Å²) in [4.78, 5) is 4.34. The molecule has 2 aromatic carbocycles. The molecule has 4 aromatic rings. The number of benzene rings is 2. The molecule has 0 aliphatic carbocycles. The summed E-state index contributed by atoms with van der Waals surface area (Å²) in [5.41, 5.74) is 1.23. The average Bonchev–Trinajstić information content (AvgIpc) is 3.34. The molecule has 0 spiro atoms. The Morgan fingerprint density at radius 3 is 2.34 bits per heavy atom. The van der Waals surface area contributed by atoms with Crippen molar-refractivity contribution in [1.82, 2.24) is 19.2 Å². The van der Waals surface area contributed by atoms with Crippen molar-refractivity contribution in [3.8, 4) is 34.1 Å². The molecule has 12 heteroatoms. The fourth-order valence-electron chi connectivity index (χ4n) is 3.06. The molecule has 0 aliphatic rings. The molecule has 9 nitrogen and oxygen atoms in total. The van der Waals surface area contributed by atoms with Gasteiger partial charge in [0.05, 0.1) is 24.7 Å². The number of hydrogen-bond donors (Lipinski definition) is 0. The van der Waals surface area contributed by atoms with Crippen LogP contribution in [0.3, 0.4) is 0 Å². The summed E-state index contributed by atoms with van der Waals surface area (Å²) in [6.07, 6.45) is 0. The lowest BCUT2D eigenvalue weighted by Crippen LogP contribution is -2.46. The molecule has 0 N–H and O–H groups in total. The number of aromatic nitrogens is 3. The molecule has 0 aliphatic heterocycles. The van der Waals surface area contributed by atoms with E-state index in [2.05, 4.69) is 15.3 Å².